The third kappa shape index (κ3) is 4.39. The average Bonchev–Trinajstić information content (AvgIpc) is 2.93. The predicted molar refractivity (Wildman–Crippen MR) is 84.4 cm³/mol. The van der Waals surface area contributed by atoms with Crippen LogP contribution in [0, 0.1) is 0 Å². The Balaban J connectivity index is 1.96. The third-order valence-corrected chi connectivity index (χ3v) is 5.17. The van der Waals surface area contributed by atoms with Crippen molar-refractivity contribution in [1.82, 2.24) is 10.3 Å². The van der Waals surface area contributed by atoms with Crippen LogP contribution in [-0.2, 0) is 0 Å². The van der Waals surface area contributed by atoms with Gasteiger partial charge in [0.25, 0.3) is 0 Å². The molecule has 1 heterocycles. The summed E-state index contributed by atoms with van der Waals surface area (Å²) in [6.07, 6.45) is 10.4. The Hall–Kier alpha value is -0.740. The lowest BCUT2D eigenvalue weighted by Gasteiger charge is -2.21. The molecule has 0 aromatic carbocycles. The lowest BCUT2D eigenvalue weighted by atomic mass is 10.1. The van der Waals surface area contributed by atoms with Crippen LogP contribution in [0.5, 0.6) is 0 Å². The highest BCUT2D eigenvalue weighted by Crippen LogP contribution is 2.32. The molecule has 1 aromatic heterocycles. The predicted octanol–water partition coefficient (Wildman–Crippen LogP) is 3.38. The molecule has 19 heavy (non-hydrogen) atoms. The van der Waals surface area contributed by atoms with E-state index in [4.69, 9.17) is 5.73 Å². The first-order valence-corrected chi connectivity index (χ1v) is 8.40. The number of thioether (sulfide) groups is 1. The van der Waals surface area contributed by atoms with Crippen LogP contribution in [0.3, 0.4) is 0 Å². The van der Waals surface area contributed by atoms with Crippen LogP contribution in [0.4, 0.5) is 5.69 Å². The molecule has 1 aliphatic rings. The van der Waals surface area contributed by atoms with Crippen LogP contribution in [-0.4, -0.2) is 22.5 Å². The summed E-state index contributed by atoms with van der Waals surface area (Å²) in [5.41, 5.74) is 8.10. The fraction of sp³-hybridized carbons (Fsp3) is 0.667. The van der Waals surface area contributed by atoms with Gasteiger partial charge in [-0.25, -0.2) is 0 Å². The number of hydrogen-bond donors (Lipinski definition) is 2. The minimum absolute atomic E-state index is 0.333. The summed E-state index contributed by atoms with van der Waals surface area (Å²) in [5, 5.41) is 4.46. The van der Waals surface area contributed by atoms with E-state index in [1.807, 2.05) is 12.3 Å². The summed E-state index contributed by atoms with van der Waals surface area (Å²) >= 11 is 2.10. The summed E-state index contributed by atoms with van der Waals surface area (Å²) < 4.78 is 0. The molecule has 4 heteroatoms. The van der Waals surface area contributed by atoms with Crippen molar-refractivity contribution in [3.05, 3.63) is 24.0 Å². The molecule has 2 rings (SSSR count). The average molecular weight is 279 g/mol. The number of anilines is 1. The van der Waals surface area contributed by atoms with Gasteiger partial charge in [-0.1, -0.05) is 19.8 Å². The molecule has 0 spiro atoms. The Labute approximate surface area is 120 Å². The normalized spacial score (nSPS) is 17.7. The first kappa shape index (κ1) is 14.7. The molecule has 1 aliphatic carbocycles. The second-order valence-electron chi connectivity index (χ2n) is 5.25. The highest BCUT2D eigenvalue weighted by Gasteiger charge is 2.19. The maximum atomic E-state index is 6.09. The van der Waals surface area contributed by atoms with Crippen LogP contribution < -0.4 is 11.1 Å². The van der Waals surface area contributed by atoms with E-state index >= 15 is 0 Å². The molecule has 1 aromatic rings. The van der Waals surface area contributed by atoms with Gasteiger partial charge in [-0.15, -0.1) is 0 Å². The first-order valence-electron chi connectivity index (χ1n) is 7.35. The second kappa shape index (κ2) is 7.75. The van der Waals surface area contributed by atoms with Crippen LogP contribution >= 0.6 is 11.8 Å². The van der Waals surface area contributed by atoms with Crippen LogP contribution in [0.2, 0.25) is 0 Å². The van der Waals surface area contributed by atoms with Gasteiger partial charge in [0, 0.05) is 40.7 Å². The summed E-state index contributed by atoms with van der Waals surface area (Å²) in [7, 11) is 0. The van der Waals surface area contributed by atoms with Crippen molar-refractivity contribution in [3.8, 4) is 0 Å². The quantitative estimate of drug-likeness (QED) is 0.803. The van der Waals surface area contributed by atoms with E-state index in [2.05, 4.69) is 29.0 Å². The van der Waals surface area contributed by atoms with Crippen molar-refractivity contribution >= 4 is 17.4 Å². The van der Waals surface area contributed by atoms with Crippen molar-refractivity contribution in [2.75, 3.05) is 18.0 Å². The zero-order valence-electron chi connectivity index (χ0n) is 11.8. The van der Waals surface area contributed by atoms with Crippen molar-refractivity contribution in [2.24, 2.45) is 0 Å². The maximum absolute atomic E-state index is 6.09. The molecule has 0 amide bonds. The molecular formula is C15H25N3S. The maximum Gasteiger partial charge on any atom is 0.0447 e. The molecule has 3 nitrogen and oxygen atoms in total. The molecule has 1 saturated carbocycles. The molecule has 0 saturated heterocycles. The lowest BCUT2D eigenvalue weighted by molar-refractivity contribution is 0.576. The smallest absolute Gasteiger partial charge is 0.0447 e. The number of aromatic nitrogens is 1. The fourth-order valence-electron chi connectivity index (χ4n) is 2.57. The van der Waals surface area contributed by atoms with E-state index in [-0.39, 0.29) is 0 Å². The molecule has 0 radical (unpaired) electrons. The molecule has 1 fully saturated rings. The Bertz CT molecular complexity index is 377. The van der Waals surface area contributed by atoms with Crippen LogP contribution in [0.25, 0.3) is 0 Å². The number of hydrogen-bond acceptors (Lipinski definition) is 4. The number of nitrogens with one attached hydrogen (secondary N) is 1. The molecular weight excluding hydrogens is 254 g/mol. The molecule has 1 atom stereocenters. The SMILES string of the molecule is CCCNC(CSC1CCCC1)c1cnccc1N. The van der Waals surface area contributed by atoms with E-state index in [0.29, 0.717) is 6.04 Å². The van der Waals surface area contributed by atoms with Gasteiger partial charge in [-0.05, 0) is 31.9 Å². The van der Waals surface area contributed by atoms with Gasteiger partial charge in [0.2, 0.25) is 0 Å². The van der Waals surface area contributed by atoms with Gasteiger partial charge in [0.05, 0.1) is 0 Å². The van der Waals surface area contributed by atoms with Crippen molar-refractivity contribution in [2.45, 2.75) is 50.3 Å². The fourth-order valence-corrected chi connectivity index (χ4v) is 4.00. The van der Waals surface area contributed by atoms with E-state index in [1.54, 1.807) is 6.20 Å². The first-order chi connectivity index (χ1) is 9.31. The number of nitrogen functional groups attached to an aromatic ring is 1. The molecule has 106 valence electrons. The standard InChI is InChI=1S/C15H25N3S/c1-2-8-18-15(11-19-12-5-3-4-6-12)13-10-17-9-7-14(13)16/h7,9-10,12,15,18H,2-6,8,11H2,1H3,(H2,16,17). The van der Waals surface area contributed by atoms with E-state index in [0.717, 1.165) is 35.2 Å². The Morgan fingerprint density at radius 2 is 2.26 bits per heavy atom. The number of nitrogens with zero attached hydrogens (tertiary/aromatic N) is 1. The molecule has 1 unspecified atom stereocenters. The van der Waals surface area contributed by atoms with Gasteiger partial charge >= 0.3 is 0 Å². The van der Waals surface area contributed by atoms with Crippen LogP contribution in [0.15, 0.2) is 18.5 Å². The topological polar surface area (TPSA) is 50.9 Å². The van der Waals surface area contributed by atoms with Gasteiger partial charge < -0.3 is 11.1 Å². The minimum Gasteiger partial charge on any atom is -0.398 e. The lowest BCUT2D eigenvalue weighted by Crippen LogP contribution is -2.25. The molecule has 0 bridgehead atoms. The summed E-state index contributed by atoms with van der Waals surface area (Å²) in [6.45, 7) is 3.23. The summed E-state index contributed by atoms with van der Waals surface area (Å²) in [6, 6.07) is 2.23. The molecule has 0 aliphatic heterocycles. The Morgan fingerprint density at radius 1 is 1.47 bits per heavy atom. The monoisotopic (exact) mass is 279 g/mol. The van der Waals surface area contributed by atoms with E-state index in [9.17, 15) is 0 Å². The van der Waals surface area contributed by atoms with Gasteiger partial charge in [-0.2, -0.15) is 11.8 Å². The number of pyridine rings is 1. The summed E-state index contributed by atoms with van der Waals surface area (Å²) in [4.78, 5) is 4.22. The number of rotatable bonds is 7. The largest absolute Gasteiger partial charge is 0.398 e. The second-order valence-corrected chi connectivity index (χ2v) is 6.58. The Kier molecular flexibility index (Phi) is 5.98. The van der Waals surface area contributed by atoms with Crippen molar-refractivity contribution in [1.29, 1.82) is 0 Å². The molecule has 3 N–H and O–H groups in total. The summed E-state index contributed by atoms with van der Waals surface area (Å²) in [5.74, 6) is 1.10. The zero-order chi connectivity index (χ0) is 13.5. The minimum atomic E-state index is 0.333. The van der Waals surface area contributed by atoms with Gasteiger partial charge in [0.15, 0.2) is 0 Å². The van der Waals surface area contributed by atoms with Crippen molar-refractivity contribution in [3.63, 3.8) is 0 Å². The zero-order valence-corrected chi connectivity index (χ0v) is 12.6. The van der Waals surface area contributed by atoms with Gasteiger partial charge in [-0.3, -0.25) is 4.98 Å². The Morgan fingerprint density at radius 3 is 2.95 bits per heavy atom. The van der Waals surface area contributed by atoms with Gasteiger partial charge in [0.1, 0.15) is 0 Å². The third-order valence-electron chi connectivity index (χ3n) is 3.70. The van der Waals surface area contributed by atoms with E-state index in [1.165, 1.54) is 25.7 Å². The van der Waals surface area contributed by atoms with Crippen LogP contribution in [0.1, 0.15) is 50.6 Å². The number of nitrogens with two attached hydrogens (primary N) is 1. The van der Waals surface area contributed by atoms with Crippen molar-refractivity contribution < 1.29 is 0 Å². The van der Waals surface area contributed by atoms with E-state index < -0.39 is 0 Å². The highest BCUT2D eigenvalue weighted by atomic mass is 32.2. The highest BCUT2D eigenvalue weighted by molar-refractivity contribution is 7.99.